The monoisotopic (exact) mass is 370 g/mol. The Labute approximate surface area is 165 Å². The number of ether oxygens (including phenoxy) is 1. The molecule has 1 aliphatic rings. The predicted octanol–water partition coefficient (Wildman–Crippen LogP) is 4.48. The smallest absolute Gasteiger partial charge is 0.256 e. The van der Waals surface area contributed by atoms with Crippen LogP contribution in [0.15, 0.2) is 96.1 Å². The Morgan fingerprint density at radius 2 is 1.46 bits per heavy atom. The average Bonchev–Trinajstić information content (AvgIpc) is 3.11. The van der Waals surface area contributed by atoms with Crippen LogP contribution in [0.25, 0.3) is 0 Å². The minimum Gasteiger partial charge on any atom is -0.491 e. The third-order valence-corrected chi connectivity index (χ3v) is 4.82. The van der Waals surface area contributed by atoms with Crippen molar-refractivity contribution >= 4 is 11.6 Å². The summed E-state index contributed by atoms with van der Waals surface area (Å²) in [6.07, 6.45) is 0. The number of benzene rings is 3. The first kappa shape index (κ1) is 18.0. The van der Waals surface area contributed by atoms with Gasteiger partial charge in [0.25, 0.3) is 5.91 Å². The van der Waals surface area contributed by atoms with Gasteiger partial charge in [-0.3, -0.25) is 4.79 Å². The summed E-state index contributed by atoms with van der Waals surface area (Å²) in [5, 5.41) is 6.30. The van der Waals surface area contributed by atoms with E-state index in [0.717, 1.165) is 22.6 Å². The van der Waals surface area contributed by atoms with Crippen molar-refractivity contribution in [1.82, 2.24) is 5.01 Å². The lowest BCUT2D eigenvalue weighted by Gasteiger charge is -2.22. The molecule has 0 saturated heterocycles. The van der Waals surface area contributed by atoms with Gasteiger partial charge in [-0.1, -0.05) is 78.9 Å². The molecule has 0 saturated carbocycles. The second-order valence-corrected chi connectivity index (χ2v) is 6.85. The Balaban J connectivity index is 1.61. The molecule has 0 N–H and O–H groups in total. The molecular formula is C24H22N2O2. The van der Waals surface area contributed by atoms with Gasteiger partial charge in [-0.2, -0.15) is 5.10 Å². The Morgan fingerprint density at radius 1 is 0.893 bits per heavy atom. The Bertz CT molecular complexity index is 956. The Morgan fingerprint density at radius 3 is 2.11 bits per heavy atom. The van der Waals surface area contributed by atoms with E-state index in [0.29, 0.717) is 6.61 Å². The van der Waals surface area contributed by atoms with Crippen molar-refractivity contribution in [2.75, 3.05) is 6.61 Å². The number of nitrogens with zero attached hydrogens (tertiary/aromatic N) is 2. The fraction of sp³-hybridized carbons (Fsp3) is 0.167. The SMILES string of the molecule is CC(COc1ccccc1)N1N=C(c2ccccc2)C(c2ccccc2)C1=O. The first-order valence-corrected chi connectivity index (χ1v) is 9.44. The molecular weight excluding hydrogens is 348 g/mol. The molecule has 1 amide bonds. The molecule has 0 aromatic heterocycles. The van der Waals surface area contributed by atoms with Crippen LogP contribution in [-0.4, -0.2) is 29.3 Å². The second-order valence-electron chi connectivity index (χ2n) is 6.85. The molecule has 0 fully saturated rings. The molecule has 3 aromatic carbocycles. The highest BCUT2D eigenvalue weighted by Crippen LogP contribution is 2.31. The zero-order valence-electron chi connectivity index (χ0n) is 15.7. The molecule has 140 valence electrons. The summed E-state index contributed by atoms with van der Waals surface area (Å²) in [4.78, 5) is 13.3. The van der Waals surface area contributed by atoms with Crippen molar-refractivity contribution in [1.29, 1.82) is 0 Å². The van der Waals surface area contributed by atoms with E-state index < -0.39 is 5.92 Å². The van der Waals surface area contributed by atoms with Gasteiger partial charge in [-0.05, 0) is 30.2 Å². The highest BCUT2D eigenvalue weighted by atomic mass is 16.5. The maximum absolute atomic E-state index is 13.3. The minimum atomic E-state index is -0.400. The van der Waals surface area contributed by atoms with E-state index in [2.05, 4.69) is 0 Å². The quantitative estimate of drug-likeness (QED) is 0.642. The summed E-state index contributed by atoms with van der Waals surface area (Å²) >= 11 is 0. The van der Waals surface area contributed by atoms with Gasteiger partial charge in [-0.25, -0.2) is 5.01 Å². The standard InChI is InChI=1S/C24H22N2O2/c1-18(17-28-21-15-9-4-10-16-21)26-24(27)22(19-11-5-2-6-12-19)23(25-26)20-13-7-3-8-14-20/h2-16,18,22H,17H2,1H3. The first-order valence-electron chi connectivity index (χ1n) is 9.44. The van der Waals surface area contributed by atoms with Crippen LogP contribution in [0.3, 0.4) is 0 Å². The molecule has 0 bridgehead atoms. The highest BCUT2D eigenvalue weighted by molar-refractivity contribution is 6.20. The van der Waals surface area contributed by atoms with Gasteiger partial charge in [0.05, 0.1) is 11.8 Å². The molecule has 0 radical (unpaired) electrons. The molecule has 1 heterocycles. The van der Waals surface area contributed by atoms with E-state index in [-0.39, 0.29) is 11.9 Å². The summed E-state index contributed by atoms with van der Waals surface area (Å²) in [6.45, 7) is 2.34. The summed E-state index contributed by atoms with van der Waals surface area (Å²) < 4.78 is 5.85. The predicted molar refractivity (Wildman–Crippen MR) is 110 cm³/mol. The second kappa shape index (κ2) is 8.09. The summed E-state index contributed by atoms with van der Waals surface area (Å²) in [5.41, 5.74) is 2.69. The van der Waals surface area contributed by atoms with Crippen molar-refractivity contribution in [2.24, 2.45) is 5.10 Å². The van der Waals surface area contributed by atoms with Gasteiger partial charge >= 0.3 is 0 Å². The number of hydrogen-bond acceptors (Lipinski definition) is 3. The summed E-state index contributed by atoms with van der Waals surface area (Å²) in [6, 6.07) is 29.2. The van der Waals surface area contributed by atoms with Crippen molar-refractivity contribution in [3.8, 4) is 5.75 Å². The molecule has 4 heteroatoms. The number of hydrogen-bond donors (Lipinski definition) is 0. The van der Waals surface area contributed by atoms with Crippen molar-refractivity contribution in [2.45, 2.75) is 18.9 Å². The van der Waals surface area contributed by atoms with E-state index in [1.807, 2.05) is 97.9 Å². The van der Waals surface area contributed by atoms with Crippen molar-refractivity contribution in [3.05, 3.63) is 102 Å². The van der Waals surface area contributed by atoms with Crippen LogP contribution >= 0.6 is 0 Å². The van der Waals surface area contributed by atoms with Gasteiger partial charge in [0.15, 0.2) is 0 Å². The number of hydrazone groups is 1. The highest BCUT2D eigenvalue weighted by Gasteiger charge is 2.39. The van der Waals surface area contributed by atoms with E-state index in [9.17, 15) is 4.79 Å². The first-order chi connectivity index (χ1) is 13.7. The zero-order chi connectivity index (χ0) is 19.3. The third kappa shape index (κ3) is 3.67. The Kier molecular flexibility index (Phi) is 5.20. The van der Waals surface area contributed by atoms with Crippen LogP contribution < -0.4 is 4.74 Å². The normalized spacial score (nSPS) is 17.3. The molecule has 4 rings (SSSR count). The zero-order valence-corrected chi connectivity index (χ0v) is 15.7. The van der Waals surface area contributed by atoms with Crippen LogP contribution in [0.1, 0.15) is 24.0 Å². The average molecular weight is 370 g/mol. The van der Waals surface area contributed by atoms with Crippen molar-refractivity contribution < 1.29 is 9.53 Å². The number of carbonyl (C=O) groups is 1. The van der Waals surface area contributed by atoms with Gasteiger partial charge in [0.2, 0.25) is 0 Å². The topological polar surface area (TPSA) is 41.9 Å². The number of amides is 1. The van der Waals surface area contributed by atoms with Crippen LogP contribution in [-0.2, 0) is 4.79 Å². The van der Waals surface area contributed by atoms with E-state index in [1.54, 1.807) is 5.01 Å². The largest absolute Gasteiger partial charge is 0.491 e. The summed E-state index contributed by atoms with van der Waals surface area (Å²) in [7, 11) is 0. The number of rotatable bonds is 6. The molecule has 1 aliphatic heterocycles. The third-order valence-electron chi connectivity index (χ3n) is 4.82. The lowest BCUT2D eigenvalue weighted by molar-refractivity contribution is -0.132. The number of carbonyl (C=O) groups excluding carboxylic acids is 1. The van der Waals surface area contributed by atoms with Crippen molar-refractivity contribution in [3.63, 3.8) is 0 Å². The van der Waals surface area contributed by atoms with E-state index >= 15 is 0 Å². The van der Waals surface area contributed by atoms with E-state index in [4.69, 9.17) is 9.84 Å². The van der Waals surface area contributed by atoms with Crippen LogP contribution in [0.4, 0.5) is 0 Å². The van der Waals surface area contributed by atoms with Gasteiger partial charge in [0, 0.05) is 0 Å². The number of para-hydroxylation sites is 1. The molecule has 28 heavy (non-hydrogen) atoms. The maximum Gasteiger partial charge on any atom is 0.256 e. The molecule has 2 unspecified atom stereocenters. The van der Waals surface area contributed by atoms with Crippen LogP contribution in [0.5, 0.6) is 5.75 Å². The van der Waals surface area contributed by atoms with Crippen LogP contribution in [0.2, 0.25) is 0 Å². The molecule has 3 aromatic rings. The molecule has 2 atom stereocenters. The maximum atomic E-state index is 13.3. The minimum absolute atomic E-state index is 0.0192. The lowest BCUT2D eigenvalue weighted by Crippen LogP contribution is -2.37. The fourth-order valence-electron chi connectivity index (χ4n) is 3.37. The fourth-order valence-corrected chi connectivity index (χ4v) is 3.37. The molecule has 4 nitrogen and oxygen atoms in total. The summed E-state index contributed by atoms with van der Waals surface area (Å²) in [5.74, 6) is 0.366. The van der Waals surface area contributed by atoms with Crippen LogP contribution in [0, 0.1) is 0 Å². The van der Waals surface area contributed by atoms with Gasteiger partial charge in [-0.15, -0.1) is 0 Å². The van der Waals surface area contributed by atoms with E-state index in [1.165, 1.54) is 0 Å². The lowest BCUT2D eigenvalue weighted by atomic mass is 9.90. The Hall–Kier alpha value is -3.40. The van der Waals surface area contributed by atoms with Gasteiger partial charge in [0.1, 0.15) is 18.3 Å². The van der Waals surface area contributed by atoms with Gasteiger partial charge < -0.3 is 4.74 Å². The molecule has 0 aliphatic carbocycles. The molecule has 0 spiro atoms.